The molecule has 2 rings (SSSR count). The van der Waals surface area contributed by atoms with Gasteiger partial charge in [-0.25, -0.2) is 4.98 Å². The van der Waals surface area contributed by atoms with Gasteiger partial charge in [-0.05, 0) is 24.3 Å². The van der Waals surface area contributed by atoms with Crippen molar-refractivity contribution in [3.8, 4) is 11.5 Å². The minimum Gasteiger partial charge on any atom is -0.497 e. The third-order valence-electron chi connectivity index (χ3n) is 2.70. The number of methoxy groups -OCH3 is 2. The molecule has 0 atom stereocenters. The van der Waals surface area contributed by atoms with Crippen molar-refractivity contribution >= 4 is 17.4 Å². The first-order valence-corrected chi connectivity index (χ1v) is 5.89. The number of nitrogens with zero attached hydrogens (tertiary/aromatic N) is 1. The molecule has 0 saturated heterocycles. The molecule has 1 amide bonds. The number of anilines is 2. The maximum atomic E-state index is 12.1. The molecule has 0 unspecified atom stereocenters. The van der Waals surface area contributed by atoms with Crippen LogP contribution < -0.4 is 20.5 Å². The predicted octanol–water partition coefficient (Wildman–Crippen LogP) is 1.93. The fraction of sp³-hybridized carbons (Fsp3) is 0.143. The highest BCUT2D eigenvalue weighted by molar-refractivity contribution is 6.05. The molecule has 6 heteroatoms. The van der Waals surface area contributed by atoms with Crippen molar-refractivity contribution in [1.82, 2.24) is 4.98 Å². The van der Waals surface area contributed by atoms with E-state index in [1.807, 2.05) is 0 Å². The van der Waals surface area contributed by atoms with Crippen molar-refractivity contribution in [2.24, 2.45) is 0 Å². The second-order valence-electron chi connectivity index (χ2n) is 3.99. The van der Waals surface area contributed by atoms with E-state index in [4.69, 9.17) is 15.2 Å². The van der Waals surface area contributed by atoms with E-state index in [2.05, 4.69) is 10.3 Å². The molecule has 0 saturated carbocycles. The van der Waals surface area contributed by atoms with Gasteiger partial charge < -0.3 is 20.5 Å². The fourth-order valence-electron chi connectivity index (χ4n) is 1.65. The topological polar surface area (TPSA) is 86.5 Å². The van der Waals surface area contributed by atoms with Crippen LogP contribution in [0.15, 0.2) is 36.5 Å². The van der Waals surface area contributed by atoms with Crippen LogP contribution in [0.4, 0.5) is 11.5 Å². The van der Waals surface area contributed by atoms with Gasteiger partial charge in [-0.1, -0.05) is 0 Å². The normalized spacial score (nSPS) is 9.90. The highest BCUT2D eigenvalue weighted by Gasteiger charge is 2.11. The molecule has 0 aliphatic carbocycles. The molecule has 0 aliphatic heterocycles. The largest absolute Gasteiger partial charge is 0.497 e. The van der Waals surface area contributed by atoms with Gasteiger partial charge in [-0.15, -0.1) is 0 Å². The Morgan fingerprint density at radius 1 is 1.20 bits per heavy atom. The summed E-state index contributed by atoms with van der Waals surface area (Å²) in [6.45, 7) is 0. The van der Waals surface area contributed by atoms with Crippen LogP contribution >= 0.6 is 0 Å². The van der Waals surface area contributed by atoms with Gasteiger partial charge in [0.15, 0.2) is 0 Å². The minimum atomic E-state index is -0.302. The van der Waals surface area contributed by atoms with E-state index in [0.717, 1.165) is 0 Å². The Hall–Kier alpha value is -2.76. The smallest absolute Gasteiger partial charge is 0.257 e. The van der Waals surface area contributed by atoms with E-state index in [9.17, 15) is 4.79 Å². The van der Waals surface area contributed by atoms with E-state index in [0.29, 0.717) is 28.6 Å². The molecule has 20 heavy (non-hydrogen) atoms. The molecule has 6 nitrogen and oxygen atoms in total. The first-order chi connectivity index (χ1) is 9.63. The second-order valence-corrected chi connectivity index (χ2v) is 3.99. The van der Waals surface area contributed by atoms with E-state index < -0.39 is 0 Å². The van der Waals surface area contributed by atoms with Crippen LogP contribution in [0, 0.1) is 0 Å². The van der Waals surface area contributed by atoms with Gasteiger partial charge >= 0.3 is 0 Å². The zero-order chi connectivity index (χ0) is 14.5. The lowest BCUT2D eigenvalue weighted by Gasteiger charge is -2.11. The predicted molar refractivity (Wildman–Crippen MR) is 76.1 cm³/mol. The number of carbonyl (C=O) groups is 1. The number of amides is 1. The number of aromatic nitrogens is 1. The summed E-state index contributed by atoms with van der Waals surface area (Å²) < 4.78 is 10.3. The molecular weight excluding hydrogens is 258 g/mol. The van der Waals surface area contributed by atoms with Crippen LogP contribution in [0.25, 0.3) is 0 Å². The Labute approximate surface area is 116 Å². The first kappa shape index (κ1) is 13.7. The van der Waals surface area contributed by atoms with Gasteiger partial charge in [0.1, 0.15) is 17.3 Å². The molecule has 0 radical (unpaired) electrons. The summed E-state index contributed by atoms with van der Waals surface area (Å²) in [4.78, 5) is 16.0. The van der Waals surface area contributed by atoms with Gasteiger partial charge in [-0.3, -0.25) is 4.79 Å². The molecular formula is C14H15N3O3. The average molecular weight is 273 g/mol. The van der Waals surface area contributed by atoms with E-state index >= 15 is 0 Å². The van der Waals surface area contributed by atoms with Gasteiger partial charge in [-0.2, -0.15) is 0 Å². The fourth-order valence-corrected chi connectivity index (χ4v) is 1.65. The second kappa shape index (κ2) is 5.92. The number of nitrogens with one attached hydrogen (secondary N) is 1. The number of hydrogen-bond acceptors (Lipinski definition) is 5. The number of pyridine rings is 1. The van der Waals surface area contributed by atoms with Gasteiger partial charge in [0, 0.05) is 12.3 Å². The first-order valence-electron chi connectivity index (χ1n) is 5.89. The lowest BCUT2D eigenvalue weighted by molar-refractivity contribution is 0.102. The summed E-state index contributed by atoms with van der Waals surface area (Å²) in [5.41, 5.74) is 6.41. The number of hydrogen-bond donors (Lipinski definition) is 2. The number of nitrogens with two attached hydrogens (primary N) is 1. The Morgan fingerprint density at radius 2 is 2.00 bits per heavy atom. The Balaban J connectivity index is 2.24. The van der Waals surface area contributed by atoms with Crippen molar-refractivity contribution in [2.45, 2.75) is 0 Å². The SMILES string of the molecule is COc1ccc(OC)c(NC(=O)c2ccc(N)nc2)c1. The summed E-state index contributed by atoms with van der Waals surface area (Å²) in [7, 11) is 3.08. The van der Waals surface area contributed by atoms with Crippen molar-refractivity contribution < 1.29 is 14.3 Å². The highest BCUT2D eigenvalue weighted by atomic mass is 16.5. The number of carbonyl (C=O) groups excluding carboxylic acids is 1. The third kappa shape index (κ3) is 2.97. The average Bonchev–Trinajstić information content (AvgIpc) is 2.47. The number of rotatable bonds is 4. The van der Waals surface area contributed by atoms with Gasteiger partial charge in [0.25, 0.3) is 5.91 Å². The van der Waals surface area contributed by atoms with Crippen LogP contribution in [0.2, 0.25) is 0 Å². The van der Waals surface area contributed by atoms with Crippen LogP contribution in [-0.4, -0.2) is 25.1 Å². The maximum Gasteiger partial charge on any atom is 0.257 e. The molecule has 104 valence electrons. The lowest BCUT2D eigenvalue weighted by Crippen LogP contribution is -2.13. The molecule has 3 N–H and O–H groups in total. The number of benzene rings is 1. The summed E-state index contributed by atoms with van der Waals surface area (Å²) in [5.74, 6) is 1.23. The monoisotopic (exact) mass is 273 g/mol. The van der Waals surface area contributed by atoms with Crippen molar-refractivity contribution in [3.05, 3.63) is 42.1 Å². The molecule has 0 aliphatic rings. The Bertz CT molecular complexity index is 612. The van der Waals surface area contributed by atoms with Gasteiger partial charge in [0.05, 0.1) is 25.5 Å². The molecule has 0 spiro atoms. The van der Waals surface area contributed by atoms with E-state index in [1.165, 1.54) is 13.3 Å². The van der Waals surface area contributed by atoms with Crippen LogP contribution in [0.5, 0.6) is 11.5 Å². The molecule has 0 bridgehead atoms. The summed E-state index contributed by atoms with van der Waals surface area (Å²) >= 11 is 0. The van der Waals surface area contributed by atoms with Crippen molar-refractivity contribution in [2.75, 3.05) is 25.3 Å². The zero-order valence-corrected chi connectivity index (χ0v) is 11.2. The maximum absolute atomic E-state index is 12.1. The van der Waals surface area contributed by atoms with Crippen molar-refractivity contribution in [3.63, 3.8) is 0 Å². The van der Waals surface area contributed by atoms with E-state index in [1.54, 1.807) is 37.4 Å². The summed E-state index contributed by atoms with van der Waals surface area (Å²) in [6, 6.07) is 8.32. The minimum absolute atomic E-state index is 0.302. The Morgan fingerprint density at radius 3 is 2.60 bits per heavy atom. The van der Waals surface area contributed by atoms with Gasteiger partial charge in [0.2, 0.25) is 0 Å². The summed E-state index contributed by atoms with van der Waals surface area (Å²) in [6.07, 6.45) is 1.41. The molecule has 1 heterocycles. The van der Waals surface area contributed by atoms with Crippen LogP contribution in [-0.2, 0) is 0 Å². The third-order valence-corrected chi connectivity index (χ3v) is 2.70. The number of ether oxygens (including phenoxy) is 2. The zero-order valence-electron chi connectivity index (χ0n) is 11.2. The highest BCUT2D eigenvalue weighted by Crippen LogP contribution is 2.29. The standard InChI is InChI=1S/C14H15N3O3/c1-19-10-4-5-12(20-2)11(7-10)17-14(18)9-3-6-13(15)16-8-9/h3-8H,1-2H3,(H2,15,16)(H,17,18). The van der Waals surface area contributed by atoms with Crippen LogP contribution in [0.3, 0.4) is 0 Å². The lowest BCUT2D eigenvalue weighted by atomic mass is 10.2. The summed E-state index contributed by atoms with van der Waals surface area (Å²) in [5, 5.41) is 2.75. The Kier molecular flexibility index (Phi) is 4.05. The number of nitrogen functional groups attached to an aromatic ring is 1. The van der Waals surface area contributed by atoms with Crippen molar-refractivity contribution in [1.29, 1.82) is 0 Å². The molecule has 0 fully saturated rings. The molecule has 1 aromatic carbocycles. The van der Waals surface area contributed by atoms with Crippen LogP contribution in [0.1, 0.15) is 10.4 Å². The molecule has 2 aromatic rings. The van der Waals surface area contributed by atoms with E-state index in [-0.39, 0.29) is 5.91 Å². The quantitative estimate of drug-likeness (QED) is 0.889. The molecule has 1 aromatic heterocycles.